The Kier molecular flexibility index (Phi) is 3.82. The van der Waals surface area contributed by atoms with E-state index in [0.29, 0.717) is 0 Å². The fourth-order valence-corrected chi connectivity index (χ4v) is 2.55. The molecule has 1 atom stereocenters. The van der Waals surface area contributed by atoms with Crippen LogP contribution in [-0.4, -0.2) is 4.98 Å². The number of aryl methyl sites for hydroxylation is 1. The second-order valence-electron chi connectivity index (χ2n) is 4.03. The fourth-order valence-electron chi connectivity index (χ4n) is 1.70. The second-order valence-corrected chi connectivity index (χ2v) is 5.12. The van der Waals surface area contributed by atoms with Crippen molar-refractivity contribution in [1.82, 2.24) is 4.98 Å². The van der Waals surface area contributed by atoms with Crippen molar-refractivity contribution in [3.05, 3.63) is 53.7 Å². The minimum Gasteiger partial charge on any atom is -0.324 e. The summed E-state index contributed by atoms with van der Waals surface area (Å²) in [6, 6.07) is 14.4. The lowest BCUT2D eigenvalue weighted by Crippen LogP contribution is -2.08. The van der Waals surface area contributed by atoms with Gasteiger partial charge in [-0.2, -0.15) is 0 Å². The van der Waals surface area contributed by atoms with Crippen LogP contribution < -0.4 is 5.73 Å². The Morgan fingerprint density at radius 2 is 1.82 bits per heavy atom. The molecule has 88 valence electrons. The highest BCUT2D eigenvalue weighted by molar-refractivity contribution is 7.99. The van der Waals surface area contributed by atoms with Crippen LogP contribution in [0.1, 0.15) is 24.2 Å². The van der Waals surface area contributed by atoms with Crippen molar-refractivity contribution in [2.45, 2.75) is 29.8 Å². The molecule has 2 nitrogen and oxygen atoms in total. The van der Waals surface area contributed by atoms with Crippen LogP contribution in [0.4, 0.5) is 0 Å². The van der Waals surface area contributed by atoms with Gasteiger partial charge < -0.3 is 5.73 Å². The van der Waals surface area contributed by atoms with E-state index < -0.39 is 0 Å². The Morgan fingerprint density at radius 3 is 2.41 bits per heavy atom. The van der Waals surface area contributed by atoms with Crippen molar-refractivity contribution in [3.63, 3.8) is 0 Å². The van der Waals surface area contributed by atoms with Gasteiger partial charge in [-0.1, -0.05) is 36.0 Å². The molecule has 1 aromatic heterocycles. The van der Waals surface area contributed by atoms with Gasteiger partial charge in [-0.25, -0.2) is 4.98 Å². The third kappa shape index (κ3) is 3.08. The van der Waals surface area contributed by atoms with Gasteiger partial charge in [0.2, 0.25) is 0 Å². The lowest BCUT2D eigenvalue weighted by Gasteiger charge is -2.10. The van der Waals surface area contributed by atoms with E-state index >= 15 is 0 Å². The Bertz CT molecular complexity index is 495. The number of nitrogens with zero attached hydrogens (tertiary/aromatic N) is 1. The van der Waals surface area contributed by atoms with E-state index in [1.165, 1.54) is 4.90 Å². The third-order valence-corrected chi connectivity index (χ3v) is 3.50. The molecule has 0 aliphatic heterocycles. The molecule has 0 saturated heterocycles. The molecule has 0 amide bonds. The standard InChI is InChI=1S/C14H16N2S/c1-10(15)13-8-9-14(16-11(13)2)17-12-6-4-3-5-7-12/h3-10H,15H2,1-2H3. The molecular weight excluding hydrogens is 228 g/mol. The summed E-state index contributed by atoms with van der Waals surface area (Å²) in [4.78, 5) is 5.77. The first-order valence-electron chi connectivity index (χ1n) is 5.63. The molecule has 2 N–H and O–H groups in total. The molecule has 2 aromatic rings. The average molecular weight is 244 g/mol. The Labute approximate surface area is 106 Å². The molecule has 0 radical (unpaired) electrons. The first-order valence-corrected chi connectivity index (χ1v) is 6.44. The summed E-state index contributed by atoms with van der Waals surface area (Å²) >= 11 is 1.67. The molecule has 1 heterocycles. The molecule has 0 aliphatic rings. The number of hydrogen-bond donors (Lipinski definition) is 1. The van der Waals surface area contributed by atoms with Gasteiger partial charge in [0.15, 0.2) is 0 Å². The van der Waals surface area contributed by atoms with E-state index in [1.54, 1.807) is 11.8 Å². The van der Waals surface area contributed by atoms with Crippen molar-refractivity contribution in [1.29, 1.82) is 0 Å². The molecule has 0 spiro atoms. The van der Waals surface area contributed by atoms with Crippen LogP contribution in [0.2, 0.25) is 0 Å². The van der Waals surface area contributed by atoms with E-state index in [1.807, 2.05) is 38.1 Å². The van der Waals surface area contributed by atoms with Gasteiger partial charge in [-0.05, 0) is 37.6 Å². The quantitative estimate of drug-likeness (QED) is 0.897. The number of aromatic nitrogens is 1. The Balaban J connectivity index is 2.21. The summed E-state index contributed by atoms with van der Waals surface area (Å²) < 4.78 is 0. The normalized spacial score (nSPS) is 12.4. The van der Waals surface area contributed by atoms with Crippen LogP contribution in [0, 0.1) is 6.92 Å². The van der Waals surface area contributed by atoms with Crippen LogP contribution in [-0.2, 0) is 0 Å². The summed E-state index contributed by atoms with van der Waals surface area (Å²) in [5, 5.41) is 1.01. The zero-order chi connectivity index (χ0) is 12.3. The highest BCUT2D eigenvalue weighted by Gasteiger charge is 2.06. The largest absolute Gasteiger partial charge is 0.324 e. The van der Waals surface area contributed by atoms with E-state index in [2.05, 4.69) is 23.2 Å². The first kappa shape index (κ1) is 12.1. The molecule has 3 heteroatoms. The van der Waals surface area contributed by atoms with Gasteiger partial charge in [0.25, 0.3) is 0 Å². The van der Waals surface area contributed by atoms with Crippen LogP contribution in [0.15, 0.2) is 52.4 Å². The minimum absolute atomic E-state index is 0.0401. The number of nitrogens with two attached hydrogens (primary N) is 1. The van der Waals surface area contributed by atoms with Crippen molar-refractivity contribution >= 4 is 11.8 Å². The van der Waals surface area contributed by atoms with Crippen molar-refractivity contribution in [3.8, 4) is 0 Å². The maximum atomic E-state index is 5.87. The number of pyridine rings is 1. The predicted molar refractivity (Wildman–Crippen MR) is 72.1 cm³/mol. The maximum absolute atomic E-state index is 5.87. The molecule has 0 saturated carbocycles. The summed E-state index contributed by atoms with van der Waals surface area (Å²) in [5.74, 6) is 0. The average Bonchev–Trinajstić information content (AvgIpc) is 2.30. The van der Waals surface area contributed by atoms with E-state index in [-0.39, 0.29) is 6.04 Å². The lowest BCUT2D eigenvalue weighted by atomic mass is 10.1. The van der Waals surface area contributed by atoms with Crippen molar-refractivity contribution in [2.75, 3.05) is 0 Å². The molecular formula is C14H16N2S. The summed E-state index contributed by atoms with van der Waals surface area (Å²) in [6.45, 7) is 3.99. The Morgan fingerprint density at radius 1 is 1.12 bits per heavy atom. The van der Waals surface area contributed by atoms with Crippen molar-refractivity contribution in [2.24, 2.45) is 5.73 Å². The maximum Gasteiger partial charge on any atom is 0.101 e. The summed E-state index contributed by atoms with van der Waals surface area (Å²) in [7, 11) is 0. The zero-order valence-corrected chi connectivity index (χ0v) is 10.9. The van der Waals surface area contributed by atoms with E-state index in [4.69, 9.17) is 5.73 Å². The van der Waals surface area contributed by atoms with Gasteiger partial charge in [0, 0.05) is 16.6 Å². The first-order chi connectivity index (χ1) is 8.16. The predicted octanol–water partition coefficient (Wildman–Crippen LogP) is 3.56. The molecule has 1 unspecified atom stereocenters. The topological polar surface area (TPSA) is 38.9 Å². The minimum atomic E-state index is 0.0401. The van der Waals surface area contributed by atoms with Crippen LogP contribution in [0.3, 0.4) is 0 Å². The highest BCUT2D eigenvalue weighted by atomic mass is 32.2. The van der Waals surface area contributed by atoms with Gasteiger partial charge in [-0.15, -0.1) is 0 Å². The van der Waals surface area contributed by atoms with Gasteiger partial charge in [-0.3, -0.25) is 0 Å². The van der Waals surface area contributed by atoms with Crippen LogP contribution >= 0.6 is 11.8 Å². The van der Waals surface area contributed by atoms with Crippen LogP contribution in [0.5, 0.6) is 0 Å². The summed E-state index contributed by atoms with van der Waals surface area (Å²) in [6.07, 6.45) is 0. The molecule has 2 rings (SSSR count). The molecule has 1 aromatic carbocycles. The molecule has 0 bridgehead atoms. The molecule has 17 heavy (non-hydrogen) atoms. The second kappa shape index (κ2) is 5.34. The Hall–Kier alpha value is -1.32. The third-order valence-electron chi connectivity index (χ3n) is 2.56. The van der Waals surface area contributed by atoms with Crippen molar-refractivity contribution < 1.29 is 0 Å². The number of rotatable bonds is 3. The number of hydrogen-bond acceptors (Lipinski definition) is 3. The molecule has 0 aliphatic carbocycles. The van der Waals surface area contributed by atoms with Gasteiger partial charge >= 0.3 is 0 Å². The van der Waals surface area contributed by atoms with Gasteiger partial charge in [0.05, 0.1) is 0 Å². The lowest BCUT2D eigenvalue weighted by molar-refractivity contribution is 0.792. The van der Waals surface area contributed by atoms with Crippen LogP contribution in [0.25, 0.3) is 0 Å². The fraction of sp³-hybridized carbons (Fsp3) is 0.214. The molecule has 0 fully saturated rings. The summed E-state index contributed by atoms with van der Waals surface area (Å²) in [5.41, 5.74) is 8.00. The zero-order valence-electron chi connectivity index (χ0n) is 10.1. The highest BCUT2D eigenvalue weighted by Crippen LogP contribution is 2.27. The smallest absolute Gasteiger partial charge is 0.101 e. The number of benzene rings is 1. The van der Waals surface area contributed by atoms with E-state index in [0.717, 1.165) is 16.3 Å². The monoisotopic (exact) mass is 244 g/mol. The SMILES string of the molecule is Cc1nc(Sc2ccccc2)ccc1C(C)N. The van der Waals surface area contributed by atoms with E-state index in [9.17, 15) is 0 Å². The van der Waals surface area contributed by atoms with Gasteiger partial charge in [0.1, 0.15) is 5.03 Å².